The molecule has 0 spiro atoms. The Morgan fingerprint density at radius 3 is 2.35 bits per heavy atom. The Hall–Kier alpha value is -1.06. The molecule has 1 aromatic carbocycles. The number of anilines is 1. The van der Waals surface area contributed by atoms with Crippen LogP contribution in [0, 0.1) is 0 Å². The Balaban J connectivity index is 1.82. The Morgan fingerprint density at radius 2 is 1.75 bits per heavy atom. The van der Waals surface area contributed by atoms with Crippen LogP contribution in [0.4, 0.5) is 5.69 Å². The number of nitrogens with zero attached hydrogens (tertiary/aromatic N) is 1. The molecular formula is C17H28N2O. The van der Waals surface area contributed by atoms with Gasteiger partial charge in [0.1, 0.15) is 0 Å². The van der Waals surface area contributed by atoms with Gasteiger partial charge in [-0.25, -0.2) is 0 Å². The largest absolute Gasteiger partial charge is 0.377 e. The van der Waals surface area contributed by atoms with Gasteiger partial charge in [0.25, 0.3) is 0 Å². The van der Waals surface area contributed by atoms with Crippen LogP contribution in [0.15, 0.2) is 24.3 Å². The normalized spacial score (nSPS) is 16.4. The van der Waals surface area contributed by atoms with Gasteiger partial charge in [0, 0.05) is 39.0 Å². The zero-order chi connectivity index (χ0) is 14.4. The zero-order valence-corrected chi connectivity index (χ0v) is 13.1. The molecule has 1 saturated heterocycles. The van der Waals surface area contributed by atoms with Crippen molar-refractivity contribution in [1.82, 2.24) is 5.32 Å². The molecule has 0 aromatic heterocycles. The predicted molar refractivity (Wildman–Crippen MR) is 85.3 cm³/mol. The van der Waals surface area contributed by atoms with Crippen LogP contribution in [0.3, 0.4) is 0 Å². The number of ether oxygens (including phenoxy) is 1. The molecule has 1 aromatic rings. The molecule has 0 atom stereocenters. The number of hydrogen-bond acceptors (Lipinski definition) is 3. The molecule has 0 aliphatic carbocycles. The fourth-order valence-corrected chi connectivity index (χ4v) is 2.56. The summed E-state index contributed by atoms with van der Waals surface area (Å²) in [5.41, 5.74) is 2.59. The standard InChI is InChI=1S/C17H28N2O/c1-17(2,20-3)14-18-13-15-7-9-16(10-8-15)19-11-5-4-6-12-19/h7-10,18H,4-6,11-14H2,1-3H3. The van der Waals surface area contributed by atoms with Crippen molar-refractivity contribution in [2.45, 2.75) is 45.3 Å². The van der Waals surface area contributed by atoms with Crippen LogP contribution in [0.25, 0.3) is 0 Å². The van der Waals surface area contributed by atoms with Crippen LogP contribution in [0.5, 0.6) is 0 Å². The van der Waals surface area contributed by atoms with Crippen molar-refractivity contribution in [2.24, 2.45) is 0 Å². The van der Waals surface area contributed by atoms with Crippen molar-refractivity contribution in [2.75, 3.05) is 31.6 Å². The maximum absolute atomic E-state index is 5.40. The van der Waals surface area contributed by atoms with E-state index in [2.05, 4.69) is 48.3 Å². The molecule has 1 aliphatic heterocycles. The molecule has 0 amide bonds. The van der Waals surface area contributed by atoms with Crippen LogP contribution < -0.4 is 10.2 Å². The van der Waals surface area contributed by atoms with E-state index in [-0.39, 0.29) is 5.60 Å². The van der Waals surface area contributed by atoms with Gasteiger partial charge < -0.3 is 15.0 Å². The number of nitrogens with one attached hydrogen (secondary N) is 1. The van der Waals surface area contributed by atoms with E-state index in [0.717, 1.165) is 13.1 Å². The first-order valence-electron chi connectivity index (χ1n) is 7.70. The molecule has 2 rings (SSSR count). The van der Waals surface area contributed by atoms with Crippen LogP contribution in [0.2, 0.25) is 0 Å². The second-order valence-corrected chi connectivity index (χ2v) is 6.28. The summed E-state index contributed by atoms with van der Waals surface area (Å²) >= 11 is 0. The summed E-state index contributed by atoms with van der Waals surface area (Å²) in [5, 5.41) is 3.45. The highest BCUT2D eigenvalue weighted by Crippen LogP contribution is 2.20. The van der Waals surface area contributed by atoms with E-state index in [1.54, 1.807) is 7.11 Å². The molecule has 1 fully saturated rings. The first kappa shape index (κ1) is 15.3. The molecular weight excluding hydrogens is 248 g/mol. The third-order valence-electron chi connectivity index (χ3n) is 4.09. The molecule has 20 heavy (non-hydrogen) atoms. The van der Waals surface area contributed by atoms with Gasteiger partial charge in [-0.1, -0.05) is 12.1 Å². The quantitative estimate of drug-likeness (QED) is 0.863. The summed E-state index contributed by atoms with van der Waals surface area (Å²) in [6.07, 6.45) is 4.04. The molecule has 1 aliphatic rings. The van der Waals surface area contributed by atoms with E-state index in [0.29, 0.717) is 0 Å². The van der Waals surface area contributed by atoms with Crippen molar-refractivity contribution in [3.05, 3.63) is 29.8 Å². The highest BCUT2D eigenvalue weighted by atomic mass is 16.5. The lowest BCUT2D eigenvalue weighted by atomic mass is 10.1. The molecule has 112 valence electrons. The fraction of sp³-hybridized carbons (Fsp3) is 0.647. The average Bonchev–Trinajstić information content (AvgIpc) is 2.49. The van der Waals surface area contributed by atoms with Crippen molar-refractivity contribution in [3.8, 4) is 0 Å². The maximum Gasteiger partial charge on any atom is 0.0746 e. The summed E-state index contributed by atoms with van der Waals surface area (Å²) in [6, 6.07) is 8.97. The van der Waals surface area contributed by atoms with Gasteiger partial charge in [-0.05, 0) is 50.8 Å². The lowest BCUT2D eigenvalue weighted by Gasteiger charge is -2.29. The topological polar surface area (TPSA) is 24.5 Å². The first-order valence-corrected chi connectivity index (χ1v) is 7.70. The third kappa shape index (κ3) is 4.50. The SMILES string of the molecule is COC(C)(C)CNCc1ccc(N2CCCCC2)cc1. The lowest BCUT2D eigenvalue weighted by molar-refractivity contribution is 0.0231. The minimum absolute atomic E-state index is 0.103. The summed E-state index contributed by atoms with van der Waals surface area (Å²) in [4.78, 5) is 2.49. The maximum atomic E-state index is 5.40. The minimum Gasteiger partial charge on any atom is -0.377 e. The van der Waals surface area contributed by atoms with Gasteiger partial charge in [0.2, 0.25) is 0 Å². The molecule has 1 heterocycles. The number of rotatable bonds is 6. The van der Waals surface area contributed by atoms with Crippen LogP contribution in [-0.4, -0.2) is 32.3 Å². The highest BCUT2D eigenvalue weighted by Gasteiger charge is 2.15. The summed E-state index contributed by atoms with van der Waals surface area (Å²) in [6.45, 7) is 8.36. The summed E-state index contributed by atoms with van der Waals surface area (Å²) < 4.78 is 5.40. The van der Waals surface area contributed by atoms with Crippen LogP contribution >= 0.6 is 0 Å². The summed E-state index contributed by atoms with van der Waals surface area (Å²) in [5.74, 6) is 0. The Bertz CT molecular complexity index is 394. The van der Waals surface area contributed by atoms with E-state index in [1.807, 2.05) is 0 Å². The zero-order valence-electron chi connectivity index (χ0n) is 13.1. The van der Waals surface area contributed by atoms with E-state index < -0.39 is 0 Å². The minimum atomic E-state index is -0.103. The van der Waals surface area contributed by atoms with Crippen LogP contribution in [-0.2, 0) is 11.3 Å². The van der Waals surface area contributed by atoms with Gasteiger partial charge in [0.15, 0.2) is 0 Å². The molecule has 0 bridgehead atoms. The monoisotopic (exact) mass is 276 g/mol. The van der Waals surface area contributed by atoms with Crippen molar-refractivity contribution in [1.29, 1.82) is 0 Å². The second kappa shape index (κ2) is 7.09. The first-order chi connectivity index (χ1) is 9.61. The Labute approximate surface area is 123 Å². The van der Waals surface area contributed by atoms with E-state index in [4.69, 9.17) is 4.74 Å². The molecule has 0 unspecified atom stereocenters. The molecule has 1 N–H and O–H groups in total. The number of piperidine rings is 1. The van der Waals surface area contributed by atoms with E-state index in [1.165, 1.54) is 43.6 Å². The molecule has 0 radical (unpaired) electrons. The number of hydrogen-bond donors (Lipinski definition) is 1. The van der Waals surface area contributed by atoms with Crippen molar-refractivity contribution in [3.63, 3.8) is 0 Å². The second-order valence-electron chi connectivity index (χ2n) is 6.28. The third-order valence-corrected chi connectivity index (χ3v) is 4.09. The van der Waals surface area contributed by atoms with Gasteiger partial charge in [-0.3, -0.25) is 0 Å². The predicted octanol–water partition coefficient (Wildman–Crippen LogP) is 3.19. The van der Waals surface area contributed by atoms with Gasteiger partial charge in [0.05, 0.1) is 5.60 Å². The molecule has 3 heteroatoms. The van der Waals surface area contributed by atoms with Crippen LogP contribution in [0.1, 0.15) is 38.7 Å². The van der Waals surface area contributed by atoms with Gasteiger partial charge in [-0.15, -0.1) is 0 Å². The highest BCUT2D eigenvalue weighted by molar-refractivity contribution is 5.47. The van der Waals surface area contributed by atoms with Crippen molar-refractivity contribution < 1.29 is 4.74 Å². The van der Waals surface area contributed by atoms with Gasteiger partial charge >= 0.3 is 0 Å². The summed E-state index contributed by atoms with van der Waals surface area (Å²) in [7, 11) is 1.76. The number of benzene rings is 1. The smallest absolute Gasteiger partial charge is 0.0746 e. The van der Waals surface area contributed by atoms with E-state index in [9.17, 15) is 0 Å². The molecule has 3 nitrogen and oxygen atoms in total. The average molecular weight is 276 g/mol. The Kier molecular flexibility index (Phi) is 5.44. The number of methoxy groups -OCH3 is 1. The van der Waals surface area contributed by atoms with Gasteiger partial charge in [-0.2, -0.15) is 0 Å². The van der Waals surface area contributed by atoms with E-state index >= 15 is 0 Å². The van der Waals surface area contributed by atoms with Crippen molar-refractivity contribution >= 4 is 5.69 Å². The fourth-order valence-electron chi connectivity index (χ4n) is 2.56. The lowest BCUT2D eigenvalue weighted by Crippen LogP contribution is -2.36. The molecule has 0 saturated carbocycles. The Morgan fingerprint density at radius 1 is 1.10 bits per heavy atom.